The largest absolute Gasteiger partial charge is 0.468 e. The lowest BCUT2D eigenvalue weighted by atomic mass is 10.00. The molecule has 0 fully saturated rings. The Morgan fingerprint density at radius 1 is 0.879 bits per heavy atom. The van der Waals surface area contributed by atoms with Gasteiger partial charge in [-0.1, -0.05) is 54.6 Å². The van der Waals surface area contributed by atoms with E-state index < -0.39 is 0 Å². The molecule has 6 heteroatoms. The number of carbonyl (C=O) groups excluding carboxylic acids is 2. The zero-order chi connectivity index (χ0) is 23.0. The highest BCUT2D eigenvalue weighted by atomic mass is 16.3. The molecule has 0 bridgehead atoms. The lowest BCUT2D eigenvalue weighted by Gasteiger charge is -2.17. The molecule has 0 spiro atoms. The summed E-state index contributed by atoms with van der Waals surface area (Å²) in [4.78, 5) is 24.9. The van der Waals surface area contributed by atoms with E-state index in [9.17, 15) is 9.59 Å². The molecule has 33 heavy (non-hydrogen) atoms. The van der Waals surface area contributed by atoms with Crippen molar-refractivity contribution in [2.24, 2.45) is 0 Å². The molecule has 0 unspecified atom stereocenters. The quantitative estimate of drug-likeness (QED) is 0.361. The topological polar surface area (TPSA) is 83.4 Å². The number of rotatable bonds is 9. The van der Waals surface area contributed by atoms with E-state index in [1.165, 1.54) is 0 Å². The number of carbonyl (C=O) groups is 2. The minimum atomic E-state index is -0.280. The first-order valence-electron chi connectivity index (χ1n) is 11.0. The third-order valence-corrected chi connectivity index (χ3v) is 5.50. The van der Waals surface area contributed by atoms with Gasteiger partial charge >= 0.3 is 0 Å². The van der Waals surface area contributed by atoms with E-state index in [-0.39, 0.29) is 24.4 Å². The fourth-order valence-corrected chi connectivity index (χ4v) is 3.78. The van der Waals surface area contributed by atoms with E-state index in [0.29, 0.717) is 18.7 Å². The predicted molar refractivity (Wildman–Crippen MR) is 129 cm³/mol. The van der Waals surface area contributed by atoms with Gasteiger partial charge in [-0.15, -0.1) is 0 Å². The Morgan fingerprint density at radius 3 is 2.45 bits per heavy atom. The Balaban J connectivity index is 1.25. The van der Waals surface area contributed by atoms with Gasteiger partial charge in [-0.3, -0.25) is 9.59 Å². The number of benzene rings is 3. The van der Waals surface area contributed by atoms with Crippen molar-refractivity contribution in [1.82, 2.24) is 16.0 Å². The molecule has 1 aromatic heterocycles. The molecule has 2 amide bonds. The minimum Gasteiger partial charge on any atom is -0.468 e. The number of amides is 2. The van der Waals surface area contributed by atoms with Crippen LogP contribution in [0.25, 0.3) is 10.8 Å². The van der Waals surface area contributed by atoms with Crippen LogP contribution in [0.3, 0.4) is 0 Å². The lowest BCUT2D eigenvalue weighted by molar-refractivity contribution is -0.120. The van der Waals surface area contributed by atoms with Crippen LogP contribution in [0.4, 0.5) is 0 Å². The molecular formula is C27H27N3O3. The van der Waals surface area contributed by atoms with Crippen molar-refractivity contribution in [1.29, 1.82) is 0 Å². The molecule has 1 atom stereocenters. The van der Waals surface area contributed by atoms with Gasteiger partial charge in [-0.05, 0) is 53.1 Å². The van der Waals surface area contributed by atoms with Crippen molar-refractivity contribution < 1.29 is 14.0 Å². The normalized spacial score (nSPS) is 11.8. The van der Waals surface area contributed by atoms with Crippen molar-refractivity contribution in [2.45, 2.75) is 26.1 Å². The number of hydrogen-bond donors (Lipinski definition) is 3. The van der Waals surface area contributed by atoms with Crippen molar-refractivity contribution in [3.8, 4) is 0 Å². The highest BCUT2D eigenvalue weighted by Gasteiger charge is 2.13. The Labute approximate surface area is 193 Å². The third kappa shape index (κ3) is 5.87. The first-order valence-corrected chi connectivity index (χ1v) is 11.0. The molecule has 0 radical (unpaired) electrons. The van der Waals surface area contributed by atoms with Crippen LogP contribution < -0.4 is 16.0 Å². The summed E-state index contributed by atoms with van der Waals surface area (Å²) in [6, 6.07) is 25.0. The number of fused-ring (bicyclic) bond motifs is 1. The van der Waals surface area contributed by atoms with Crippen molar-refractivity contribution in [3.05, 3.63) is 108 Å². The van der Waals surface area contributed by atoms with Gasteiger partial charge in [0.05, 0.1) is 25.4 Å². The van der Waals surface area contributed by atoms with Crippen LogP contribution in [0, 0.1) is 0 Å². The molecule has 6 nitrogen and oxygen atoms in total. The molecule has 0 aliphatic rings. The summed E-state index contributed by atoms with van der Waals surface area (Å²) < 4.78 is 5.29. The standard InChI is InChI=1S/C27H27N3O3/c1-19(24-10-4-7-21-6-2-3-9-25(21)24)30-26(31)18-29-27(32)22-13-11-20(12-14-22)16-28-17-23-8-5-15-33-23/h2-15,19,28H,16-18H2,1H3,(H,29,32)(H,30,31)/t19-/m0/s1. The van der Waals surface area contributed by atoms with Gasteiger partial charge < -0.3 is 20.4 Å². The molecule has 4 rings (SSSR count). The molecule has 3 N–H and O–H groups in total. The van der Waals surface area contributed by atoms with E-state index in [1.54, 1.807) is 18.4 Å². The lowest BCUT2D eigenvalue weighted by Crippen LogP contribution is -2.38. The maximum atomic E-state index is 12.4. The van der Waals surface area contributed by atoms with Crippen LogP contribution in [0.1, 0.15) is 40.2 Å². The average Bonchev–Trinajstić information content (AvgIpc) is 3.36. The third-order valence-electron chi connectivity index (χ3n) is 5.50. The maximum Gasteiger partial charge on any atom is 0.251 e. The van der Waals surface area contributed by atoms with Gasteiger partial charge in [0.15, 0.2) is 0 Å². The summed E-state index contributed by atoms with van der Waals surface area (Å²) in [7, 11) is 0. The van der Waals surface area contributed by atoms with Crippen LogP contribution in [-0.2, 0) is 17.9 Å². The van der Waals surface area contributed by atoms with Gasteiger partial charge in [-0.2, -0.15) is 0 Å². The summed E-state index contributed by atoms with van der Waals surface area (Å²) >= 11 is 0. The smallest absolute Gasteiger partial charge is 0.251 e. The van der Waals surface area contributed by atoms with E-state index in [1.807, 2.05) is 73.7 Å². The van der Waals surface area contributed by atoms with Gasteiger partial charge in [0.2, 0.25) is 5.91 Å². The zero-order valence-electron chi connectivity index (χ0n) is 18.5. The van der Waals surface area contributed by atoms with Crippen LogP contribution in [-0.4, -0.2) is 18.4 Å². The second kappa shape index (κ2) is 10.6. The summed E-state index contributed by atoms with van der Waals surface area (Å²) in [5.74, 6) is 0.361. The van der Waals surface area contributed by atoms with Crippen LogP contribution in [0.5, 0.6) is 0 Å². The SMILES string of the molecule is C[C@H](NC(=O)CNC(=O)c1ccc(CNCc2ccco2)cc1)c1cccc2ccccc12. The number of hydrogen-bond acceptors (Lipinski definition) is 4. The highest BCUT2D eigenvalue weighted by molar-refractivity contribution is 5.96. The van der Waals surface area contributed by atoms with E-state index in [2.05, 4.69) is 16.0 Å². The Hall–Kier alpha value is -3.90. The van der Waals surface area contributed by atoms with Crippen molar-refractivity contribution in [2.75, 3.05) is 6.54 Å². The highest BCUT2D eigenvalue weighted by Crippen LogP contribution is 2.23. The van der Waals surface area contributed by atoms with Crippen molar-refractivity contribution >= 4 is 22.6 Å². The van der Waals surface area contributed by atoms with Crippen LogP contribution in [0.2, 0.25) is 0 Å². The van der Waals surface area contributed by atoms with Crippen molar-refractivity contribution in [3.63, 3.8) is 0 Å². The van der Waals surface area contributed by atoms with E-state index in [0.717, 1.165) is 27.7 Å². The molecule has 0 saturated carbocycles. The summed E-state index contributed by atoms with van der Waals surface area (Å²) in [6.45, 7) is 3.17. The molecule has 168 valence electrons. The molecular weight excluding hydrogens is 414 g/mol. The van der Waals surface area contributed by atoms with Gasteiger partial charge in [-0.25, -0.2) is 0 Å². The Bertz CT molecular complexity index is 1210. The number of furan rings is 1. The molecule has 3 aromatic carbocycles. The summed E-state index contributed by atoms with van der Waals surface area (Å²) in [6.07, 6.45) is 1.65. The number of nitrogens with one attached hydrogen (secondary N) is 3. The first kappa shape index (κ1) is 22.3. The van der Waals surface area contributed by atoms with E-state index in [4.69, 9.17) is 4.42 Å². The second-order valence-electron chi connectivity index (χ2n) is 7.92. The second-order valence-corrected chi connectivity index (χ2v) is 7.92. The van der Waals surface area contributed by atoms with Gasteiger partial charge in [0, 0.05) is 12.1 Å². The molecule has 0 aliphatic carbocycles. The maximum absolute atomic E-state index is 12.4. The Kier molecular flexibility index (Phi) is 7.17. The average molecular weight is 442 g/mol. The monoisotopic (exact) mass is 441 g/mol. The minimum absolute atomic E-state index is 0.0829. The zero-order valence-corrected chi connectivity index (χ0v) is 18.5. The summed E-state index contributed by atoms with van der Waals surface area (Å²) in [5, 5.41) is 11.2. The van der Waals surface area contributed by atoms with Crippen LogP contribution in [0.15, 0.2) is 89.5 Å². The van der Waals surface area contributed by atoms with Gasteiger partial charge in [0.25, 0.3) is 5.91 Å². The van der Waals surface area contributed by atoms with Gasteiger partial charge in [0.1, 0.15) is 5.76 Å². The molecule has 0 aliphatic heterocycles. The summed E-state index contributed by atoms with van der Waals surface area (Å²) in [5.41, 5.74) is 2.61. The fourth-order valence-electron chi connectivity index (χ4n) is 3.78. The first-order chi connectivity index (χ1) is 16.1. The van der Waals surface area contributed by atoms with E-state index >= 15 is 0 Å². The Morgan fingerprint density at radius 2 is 1.67 bits per heavy atom. The van der Waals surface area contributed by atoms with Crippen LogP contribution >= 0.6 is 0 Å². The predicted octanol–water partition coefficient (Wildman–Crippen LogP) is 4.33. The molecule has 1 heterocycles. The molecule has 4 aromatic rings. The molecule has 0 saturated heterocycles. The fraction of sp³-hybridized carbons (Fsp3) is 0.185.